The third-order valence-corrected chi connectivity index (χ3v) is 3.74. The number of nitrogens with zero attached hydrogens (tertiary/aromatic N) is 1. The summed E-state index contributed by atoms with van der Waals surface area (Å²) in [7, 11) is 1.62. The second-order valence-corrected chi connectivity index (χ2v) is 5.25. The molecule has 1 fully saturated rings. The van der Waals surface area contributed by atoms with Crippen LogP contribution in [-0.2, 0) is 16.0 Å². The summed E-state index contributed by atoms with van der Waals surface area (Å²) in [5.41, 5.74) is 0.771. The second kappa shape index (κ2) is 6.35. The molecule has 0 radical (unpaired) electrons. The van der Waals surface area contributed by atoms with Gasteiger partial charge in [0.1, 0.15) is 5.82 Å². The molecule has 1 aromatic rings. The molecule has 1 amide bonds. The van der Waals surface area contributed by atoms with E-state index >= 15 is 0 Å². The molecule has 1 atom stereocenters. The summed E-state index contributed by atoms with van der Waals surface area (Å²) in [5.74, 6) is 0.0400. The molecule has 104 valence electrons. The number of hydrogen-bond acceptors (Lipinski definition) is 2. The molecular formula is C14H17ClFNO2. The number of amides is 1. The number of carbonyl (C=O) groups is 1. The lowest BCUT2D eigenvalue weighted by atomic mass is 9.98. The minimum absolute atomic E-state index is 0.134. The van der Waals surface area contributed by atoms with Gasteiger partial charge in [0.15, 0.2) is 0 Å². The van der Waals surface area contributed by atoms with Gasteiger partial charge < -0.3 is 9.64 Å². The van der Waals surface area contributed by atoms with Gasteiger partial charge in [-0.15, -0.1) is 0 Å². The minimum Gasteiger partial charge on any atom is -0.383 e. The fourth-order valence-corrected chi connectivity index (χ4v) is 2.61. The molecule has 0 N–H and O–H groups in total. The fourth-order valence-electron chi connectivity index (χ4n) is 2.42. The number of likely N-dealkylation sites (tertiary alicyclic amines) is 1. The van der Waals surface area contributed by atoms with Gasteiger partial charge in [0.2, 0.25) is 5.91 Å². The van der Waals surface area contributed by atoms with Crippen LogP contribution in [0.3, 0.4) is 0 Å². The van der Waals surface area contributed by atoms with Gasteiger partial charge in [0.05, 0.1) is 6.61 Å². The lowest BCUT2D eigenvalue weighted by Crippen LogP contribution is -2.28. The molecule has 3 nitrogen and oxygen atoms in total. The van der Waals surface area contributed by atoms with Crippen molar-refractivity contribution in [3.8, 4) is 0 Å². The molecule has 1 aliphatic rings. The highest BCUT2D eigenvalue weighted by Crippen LogP contribution is 2.26. The van der Waals surface area contributed by atoms with Crippen molar-refractivity contribution in [2.24, 2.45) is 5.92 Å². The van der Waals surface area contributed by atoms with Gasteiger partial charge in [-0.2, -0.15) is 0 Å². The summed E-state index contributed by atoms with van der Waals surface area (Å²) in [5, 5.41) is 0.559. The number of hydrogen-bond donors (Lipinski definition) is 0. The lowest BCUT2D eigenvalue weighted by Gasteiger charge is -2.16. The summed E-state index contributed by atoms with van der Waals surface area (Å²) in [6.07, 6.45) is 1.13. The molecule has 0 bridgehead atoms. The van der Waals surface area contributed by atoms with Crippen molar-refractivity contribution < 1.29 is 13.9 Å². The first-order valence-corrected chi connectivity index (χ1v) is 6.68. The Morgan fingerprint density at radius 3 is 3.05 bits per heavy atom. The Balaban J connectivity index is 1.97. The quantitative estimate of drug-likeness (QED) is 0.832. The molecule has 0 aromatic heterocycles. The number of methoxy groups -OCH3 is 1. The number of benzene rings is 1. The average Bonchev–Trinajstić information content (AvgIpc) is 2.72. The number of ether oxygens (including phenoxy) is 1. The Labute approximate surface area is 117 Å². The maximum absolute atomic E-state index is 13.2. The van der Waals surface area contributed by atoms with Gasteiger partial charge in [-0.3, -0.25) is 4.79 Å². The average molecular weight is 286 g/mol. The lowest BCUT2D eigenvalue weighted by molar-refractivity contribution is -0.128. The van der Waals surface area contributed by atoms with Gasteiger partial charge in [-0.1, -0.05) is 11.6 Å². The van der Waals surface area contributed by atoms with Gasteiger partial charge >= 0.3 is 0 Å². The van der Waals surface area contributed by atoms with Crippen molar-refractivity contribution in [3.63, 3.8) is 0 Å². The number of rotatable bonds is 5. The summed E-state index contributed by atoms with van der Waals surface area (Å²) in [6, 6.07) is 4.35. The van der Waals surface area contributed by atoms with E-state index in [2.05, 4.69) is 0 Å². The molecule has 0 unspecified atom stereocenters. The highest BCUT2D eigenvalue weighted by molar-refractivity contribution is 6.31. The van der Waals surface area contributed by atoms with E-state index in [1.807, 2.05) is 0 Å². The standard InChI is InChI=1S/C14H17ClFNO2/c1-19-5-4-17-9-10(7-14(17)18)6-11-8-12(16)2-3-13(11)15/h2-3,8,10H,4-7,9H2,1H3/t10-/m0/s1. The molecule has 0 saturated carbocycles. The van der Waals surface area contributed by atoms with Crippen LogP contribution in [0.15, 0.2) is 18.2 Å². The Hall–Kier alpha value is -1.13. The van der Waals surface area contributed by atoms with Crippen LogP contribution >= 0.6 is 11.6 Å². The number of halogens is 2. The minimum atomic E-state index is -0.292. The third-order valence-electron chi connectivity index (χ3n) is 3.38. The normalized spacial score (nSPS) is 19.2. The summed E-state index contributed by atoms with van der Waals surface area (Å²) >= 11 is 6.05. The van der Waals surface area contributed by atoms with Crippen LogP contribution in [0.4, 0.5) is 4.39 Å². The van der Waals surface area contributed by atoms with E-state index in [-0.39, 0.29) is 17.6 Å². The zero-order chi connectivity index (χ0) is 13.8. The van der Waals surface area contributed by atoms with E-state index in [1.165, 1.54) is 12.1 Å². The summed E-state index contributed by atoms with van der Waals surface area (Å²) < 4.78 is 18.2. The largest absolute Gasteiger partial charge is 0.383 e. The molecule has 5 heteroatoms. The summed E-state index contributed by atoms with van der Waals surface area (Å²) in [6.45, 7) is 1.84. The molecule has 1 aliphatic heterocycles. The Morgan fingerprint density at radius 1 is 1.53 bits per heavy atom. The maximum Gasteiger partial charge on any atom is 0.223 e. The van der Waals surface area contributed by atoms with Gasteiger partial charge in [0, 0.05) is 31.6 Å². The van der Waals surface area contributed by atoms with Crippen LogP contribution < -0.4 is 0 Å². The molecule has 19 heavy (non-hydrogen) atoms. The molecule has 2 rings (SSSR count). The zero-order valence-electron chi connectivity index (χ0n) is 10.9. The zero-order valence-corrected chi connectivity index (χ0v) is 11.6. The Kier molecular flexibility index (Phi) is 4.77. The molecule has 1 aromatic carbocycles. The molecule has 0 spiro atoms. The molecule has 1 heterocycles. The van der Waals surface area contributed by atoms with Crippen molar-refractivity contribution in [2.45, 2.75) is 12.8 Å². The van der Waals surface area contributed by atoms with Crippen LogP contribution in [-0.4, -0.2) is 37.6 Å². The van der Waals surface area contributed by atoms with Crippen LogP contribution in [0, 0.1) is 11.7 Å². The third kappa shape index (κ3) is 3.67. The van der Waals surface area contributed by atoms with E-state index in [1.54, 1.807) is 18.1 Å². The molecule has 0 aliphatic carbocycles. The second-order valence-electron chi connectivity index (χ2n) is 4.84. The predicted octanol–water partition coefficient (Wildman–Crippen LogP) is 2.52. The first-order valence-electron chi connectivity index (χ1n) is 6.30. The monoisotopic (exact) mass is 285 g/mol. The Morgan fingerprint density at radius 2 is 2.32 bits per heavy atom. The van der Waals surface area contributed by atoms with Crippen molar-refractivity contribution in [1.82, 2.24) is 4.90 Å². The van der Waals surface area contributed by atoms with E-state index in [0.29, 0.717) is 37.6 Å². The topological polar surface area (TPSA) is 29.5 Å². The highest BCUT2D eigenvalue weighted by Gasteiger charge is 2.29. The predicted molar refractivity (Wildman–Crippen MR) is 71.7 cm³/mol. The SMILES string of the molecule is COCCN1C[C@@H](Cc2cc(F)ccc2Cl)CC1=O. The van der Waals surface area contributed by atoms with Crippen LogP contribution in [0.2, 0.25) is 5.02 Å². The van der Waals surface area contributed by atoms with Crippen LogP contribution in [0.5, 0.6) is 0 Å². The van der Waals surface area contributed by atoms with Gasteiger partial charge in [-0.25, -0.2) is 4.39 Å². The van der Waals surface area contributed by atoms with Crippen molar-refractivity contribution >= 4 is 17.5 Å². The number of carbonyl (C=O) groups excluding carboxylic acids is 1. The highest BCUT2D eigenvalue weighted by atomic mass is 35.5. The van der Waals surface area contributed by atoms with E-state index in [9.17, 15) is 9.18 Å². The maximum atomic E-state index is 13.2. The van der Waals surface area contributed by atoms with Crippen molar-refractivity contribution in [1.29, 1.82) is 0 Å². The van der Waals surface area contributed by atoms with Crippen molar-refractivity contribution in [3.05, 3.63) is 34.6 Å². The summed E-state index contributed by atoms with van der Waals surface area (Å²) in [4.78, 5) is 13.6. The van der Waals surface area contributed by atoms with Crippen molar-refractivity contribution in [2.75, 3.05) is 26.8 Å². The van der Waals surface area contributed by atoms with E-state index in [0.717, 1.165) is 5.56 Å². The fraction of sp³-hybridized carbons (Fsp3) is 0.500. The van der Waals surface area contributed by atoms with E-state index < -0.39 is 0 Å². The van der Waals surface area contributed by atoms with Crippen LogP contribution in [0.1, 0.15) is 12.0 Å². The molecule has 1 saturated heterocycles. The van der Waals surface area contributed by atoms with Gasteiger partial charge in [-0.05, 0) is 36.1 Å². The first kappa shape index (κ1) is 14.3. The molecular weight excluding hydrogens is 269 g/mol. The van der Waals surface area contributed by atoms with Crippen LogP contribution in [0.25, 0.3) is 0 Å². The smallest absolute Gasteiger partial charge is 0.223 e. The van der Waals surface area contributed by atoms with Gasteiger partial charge in [0.25, 0.3) is 0 Å². The first-order chi connectivity index (χ1) is 9.10. The van der Waals surface area contributed by atoms with E-state index in [4.69, 9.17) is 16.3 Å². The Bertz CT molecular complexity index is 467.